The predicted molar refractivity (Wildman–Crippen MR) is 121 cm³/mol. The van der Waals surface area contributed by atoms with Crippen LogP contribution in [0.5, 0.6) is 5.75 Å². The number of hydrogen-bond donors (Lipinski definition) is 0. The molecule has 2 aliphatic heterocycles. The number of nitrogens with zero attached hydrogens (tertiary/aromatic N) is 2. The van der Waals surface area contributed by atoms with E-state index in [1.165, 1.54) is 21.9 Å². The lowest BCUT2D eigenvalue weighted by molar-refractivity contribution is -0.0189. The fraction of sp³-hybridized carbons (Fsp3) is 0.115. The van der Waals surface area contributed by atoms with Crippen molar-refractivity contribution in [3.8, 4) is 5.75 Å². The lowest BCUT2D eigenvalue weighted by Crippen LogP contribution is -2.33. The smallest absolute Gasteiger partial charge is 0.215 e. The molecule has 0 aromatic heterocycles. The van der Waals surface area contributed by atoms with Gasteiger partial charge in [-0.05, 0) is 22.9 Å². The van der Waals surface area contributed by atoms with Crippen molar-refractivity contribution in [2.24, 2.45) is 5.10 Å². The van der Waals surface area contributed by atoms with Gasteiger partial charge in [0.05, 0.1) is 11.8 Å². The second-order valence-corrected chi connectivity index (χ2v) is 8.11. The summed E-state index contributed by atoms with van der Waals surface area (Å²) in [5, 5.41) is 10.3. The minimum absolute atomic E-state index is 0.116. The molecule has 4 aromatic carbocycles. The van der Waals surface area contributed by atoms with Gasteiger partial charge >= 0.3 is 0 Å². The number of benzene rings is 4. The molecule has 0 N–H and O–H groups in total. The molecule has 146 valence electrons. The highest BCUT2D eigenvalue weighted by atomic mass is 35.5. The van der Waals surface area contributed by atoms with E-state index < -0.39 is 0 Å². The molecule has 0 spiro atoms. The van der Waals surface area contributed by atoms with Crippen molar-refractivity contribution in [2.45, 2.75) is 18.7 Å². The largest absolute Gasteiger partial charge is 0.464 e. The van der Waals surface area contributed by atoms with Crippen LogP contribution in [-0.4, -0.2) is 10.7 Å². The van der Waals surface area contributed by atoms with Crippen LogP contribution in [0.2, 0.25) is 5.02 Å². The zero-order valence-corrected chi connectivity index (χ0v) is 17.0. The van der Waals surface area contributed by atoms with Crippen LogP contribution in [0.1, 0.15) is 35.4 Å². The summed E-state index contributed by atoms with van der Waals surface area (Å²) in [7, 11) is 0. The van der Waals surface area contributed by atoms with Crippen LogP contribution in [-0.2, 0) is 0 Å². The van der Waals surface area contributed by atoms with Gasteiger partial charge in [0, 0.05) is 28.1 Å². The first-order valence-electron chi connectivity index (χ1n) is 10.1. The summed E-state index contributed by atoms with van der Waals surface area (Å²) in [6.45, 7) is 0. The third kappa shape index (κ3) is 2.70. The zero-order chi connectivity index (χ0) is 20.1. The molecule has 4 heteroatoms. The van der Waals surface area contributed by atoms with Crippen LogP contribution >= 0.6 is 11.6 Å². The van der Waals surface area contributed by atoms with E-state index in [1.807, 2.05) is 36.4 Å². The van der Waals surface area contributed by atoms with Crippen LogP contribution in [0.25, 0.3) is 10.8 Å². The minimum atomic E-state index is -0.355. The maximum absolute atomic E-state index is 6.55. The fourth-order valence-corrected chi connectivity index (χ4v) is 4.78. The van der Waals surface area contributed by atoms with E-state index in [9.17, 15) is 0 Å². The first-order valence-corrected chi connectivity index (χ1v) is 10.5. The molecule has 0 aliphatic carbocycles. The second-order valence-electron chi connectivity index (χ2n) is 7.70. The molecule has 0 radical (unpaired) electrons. The zero-order valence-electron chi connectivity index (χ0n) is 16.2. The molecule has 6 rings (SSSR count). The van der Waals surface area contributed by atoms with Gasteiger partial charge in [-0.3, -0.25) is 0 Å². The number of rotatable bonds is 2. The molecule has 30 heavy (non-hydrogen) atoms. The molecule has 2 atom stereocenters. The molecular formula is C26H19ClN2O. The van der Waals surface area contributed by atoms with Crippen molar-refractivity contribution in [1.29, 1.82) is 0 Å². The summed E-state index contributed by atoms with van der Waals surface area (Å²) >= 11 is 6.55. The average Bonchev–Trinajstić information content (AvgIpc) is 3.24. The highest BCUT2D eigenvalue weighted by Gasteiger charge is 2.41. The van der Waals surface area contributed by atoms with Crippen molar-refractivity contribution in [2.75, 3.05) is 0 Å². The van der Waals surface area contributed by atoms with Crippen LogP contribution in [0.3, 0.4) is 0 Å². The summed E-state index contributed by atoms with van der Waals surface area (Å²) in [6, 6.07) is 31.1. The van der Waals surface area contributed by atoms with Crippen molar-refractivity contribution in [1.82, 2.24) is 5.01 Å². The van der Waals surface area contributed by atoms with Crippen molar-refractivity contribution in [3.05, 3.63) is 113 Å². The maximum Gasteiger partial charge on any atom is 0.215 e. The standard InChI is InChI=1S/C26H19ClN2O/c27-22-14-5-3-11-20(22)26-29-24(21-12-4-6-15-25(21)30-26)16-23(28-29)19-13-7-9-17-8-1-2-10-18(17)19/h1-15,24,26H,16H2/t24-,26-/m1/s1. The summed E-state index contributed by atoms with van der Waals surface area (Å²) in [6.07, 6.45) is 0.473. The molecule has 2 aliphatic rings. The van der Waals surface area contributed by atoms with E-state index in [1.54, 1.807) is 0 Å². The molecular weight excluding hydrogens is 392 g/mol. The van der Waals surface area contributed by atoms with Gasteiger partial charge in [-0.1, -0.05) is 90.5 Å². The van der Waals surface area contributed by atoms with Gasteiger partial charge in [0.15, 0.2) is 0 Å². The van der Waals surface area contributed by atoms with Gasteiger partial charge in [-0.2, -0.15) is 5.10 Å². The van der Waals surface area contributed by atoms with Crippen molar-refractivity contribution >= 4 is 28.1 Å². The number of fused-ring (bicyclic) bond motifs is 4. The summed E-state index contributed by atoms with van der Waals surface area (Å²) in [5.74, 6) is 0.901. The Morgan fingerprint density at radius 3 is 2.43 bits per heavy atom. The van der Waals surface area contributed by atoms with E-state index in [0.29, 0.717) is 5.02 Å². The monoisotopic (exact) mass is 410 g/mol. The molecule has 0 saturated heterocycles. The first kappa shape index (κ1) is 17.5. The summed E-state index contributed by atoms with van der Waals surface area (Å²) in [4.78, 5) is 0. The number of hydrazone groups is 1. The summed E-state index contributed by atoms with van der Waals surface area (Å²) < 4.78 is 6.42. The lowest BCUT2D eigenvalue weighted by Gasteiger charge is -2.38. The van der Waals surface area contributed by atoms with Gasteiger partial charge in [0.25, 0.3) is 0 Å². The molecule has 0 fully saturated rings. The Balaban J connectivity index is 1.51. The summed E-state index contributed by atoms with van der Waals surface area (Å²) in [5.41, 5.74) is 4.36. The average molecular weight is 411 g/mol. The van der Waals surface area contributed by atoms with Crippen LogP contribution in [0.15, 0.2) is 96.1 Å². The van der Waals surface area contributed by atoms with Gasteiger partial charge in [0.1, 0.15) is 5.75 Å². The highest BCUT2D eigenvalue weighted by Crippen LogP contribution is 2.48. The van der Waals surface area contributed by atoms with Gasteiger partial charge in [-0.25, -0.2) is 5.01 Å². The normalized spacial score (nSPS) is 19.8. The molecule has 3 nitrogen and oxygen atoms in total. The van der Waals surface area contributed by atoms with E-state index in [-0.39, 0.29) is 12.3 Å². The molecule has 0 unspecified atom stereocenters. The first-order chi connectivity index (χ1) is 14.8. The van der Waals surface area contributed by atoms with Crippen LogP contribution in [0.4, 0.5) is 0 Å². The van der Waals surface area contributed by atoms with Gasteiger partial charge in [-0.15, -0.1) is 0 Å². The van der Waals surface area contributed by atoms with E-state index in [2.05, 4.69) is 59.6 Å². The predicted octanol–water partition coefficient (Wildman–Crippen LogP) is 6.74. The van der Waals surface area contributed by atoms with Crippen LogP contribution in [0, 0.1) is 0 Å². The van der Waals surface area contributed by atoms with E-state index in [0.717, 1.165) is 23.4 Å². The number of ether oxygens (including phenoxy) is 1. The second kappa shape index (κ2) is 6.89. The van der Waals surface area contributed by atoms with Gasteiger partial charge in [0.2, 0.25) is 6.23 Å². The van der Waals surface area contributed by atoms with E-state index >= 15 is 0 Å². The number of halogens is 1. The van der Waals surface area contributed by atoms with Crippen LogP contribution < -0.4 is 4.74 Å². The highest BCUT2D eigenvalue weighted by molar-refractivity contribution is 6.31. The Labute approximate surface area is 180 Å². The molecule has 4 aromatic rings. The Morgan fingerprint density at radius 1 is 0.800 bits per heavy atom. The van der Waals surface area contributed by atoms with Crippen molar-refractivity contribution in [3.63, 3.8) is 0 Å². The Morgan fingerprint density at radius 2 is 1.53 bits per heavy atom. The quantitative estimate of drug-likeness (QED) is 0.365. The Bertz CT molecular complexity index is 1290. The third-order valence-electron chi connectivity index (χ3n) is 5.97. The third-order valence-corrected chi connectivity index (χ3v) is 6.32. The molecule has 0 amide bonds. The van der Waals surface area contributed by atoms with Gasteiger partial charge < -0.3 is 4.74 Å². The van der Waals surface area contributed by atoms with E-state index in [4.69, 9.17) is 21.4 Å². The minimum Gasteiger partial charge on any atom is -0.464 e. The number of para-hydroxylation sites is 1. The van der Waals surface area contributed by atoms with Crippen molar-refractivity contribution < 1.29 is 4.74 Å². The Hall–Kier alpha value is -3.30. The fourth-order valence-electron chi connectivity index (χ4n) is 4.55. The topological polar surface area (TPSA) is 24.8 Å². The molecule has 0 bridgehead atoms. The number of hydrogen-bond acceptors (Lipinski definition) is 3. The molecule has 2 heterocycles. The Kier molecular flexibility index (Phi) is 4.03. The maximum atomic E-state index is 6.55. The lowest BCUT2D eigenvalue weighted by atomic mass is 9.93. The molecule has 0 saturated carbocycles. The SMILES string of the molecule is Clc1ccccc1[C@H]1Oc2ccccc2[C@H]2CC(c3cccc4ccccc34)=NN21.